The van der Waals surface area contributed by atoms with Crippen molar-refractivity contribution in [2.24, 2.45) is 5.73 Å². The molecule has 0 aromatic heterocycles. The van der Waals surface area contributed by atoms with E-state index in [1.165, 1.54) is 28.3 Å². The van der Waals surface area contributed by atoms with Crippen molar-refractivity contribution in [2.75, 3.05) is 30.0 Å². The Morgan fingerprint density at radius 2 is 2.33 bits per heavy atom. The zero-order chi connectivity index (χ0) is 13.0. The smallest absolute Gasteiger partial charge is 0.0423 e. The Hall–Kier alpha value is -0.320. The average Bonchev–Trinajstić information content (AvgIpc) is 2.46. The van der Waals surface area contributed by atoms with Crippen molar-refractivity contribution in [3.8, 4) is 0 Å². The molecule has 0 spiro atoms. The van der Waals surface area contributed by atoms with Gasteiger partial charge in [-0.1, -0.05) is 13.0 Å². The van der Waals surface area contributed by atoms with Gasteiger partial charge < -0.3 is 10.6 Å². The number of rotatable bonds is 4. The number of thioether (sulfide) groups is 2. The first-order valence-electron chi connectivity index (χ1n) is 6.52. The van der Waals surface area contributed by atoms with E-state index < -0.39 is 0 Å². The van der Waals surface area contributed by atoms with E-state index in [2.05, 4.69) is 48.0 Å². The normalized spacial score (nSPS) is 20.2. The third-order valence-electron chi connectivity index (χ3n) is 3.47. The van der Waals surface area contributed by atoms with Crippen LogP contribution in [0, 0.1) is 0 Å². The van der Waals surface area contributed by atoms with Crippen LogP contribution in [0.1, 0.15) is 18.9 Å². The summed E-state index contributed by atoms with van der Waals surface area (Å²) in [4.78, 5) is 3.84. The Kier molecular flexibility index (Phi) is 5.27. The first-order valence-corrected chi connectivity index (χ1v) is 8.80. The largest absolute Gasteiger partial charge is 0.369 e. The molecule has 4 heteroatoms. The second-order valence-electron chi connectivity index (χ2n) is 4.51. The molecular formula is C14H22N2S2. The van der Waals surface area contributed by atoms with Crippen LogP contribution in [-0.4, -0.2) is 30.3 Å². The van der Waals surface area contributed by atoms with Gasteiger partial charge in [0, 0.05) is 46.8 Å². The molecule has 0 aliphatic carbocycles. The molecular weight excluding hydrogens is 260 g/mol. The van der Waals surface area contributed by atoms with Gasteiger partial charge in [-0.25, -0.2) is 0 Å². The third-order valence-corrected chi connectivity index (χ3v) is 5.66. The highest BCUT2D eigenvalue weighted by atomic mass is 32.2. The van der Waals surface area contributed by atoms with Crippen molar-refractivity contribution in [1.29, 1.82) is 0 Å². The second-order valence-corrected chi connectivity index (χ2v) is 6.77. The maximum absolute atomic E-state index is 5.96. The van der Waals surface area contributed by atoms with Crippen LogP contribution in [0.4, 0.5) is 5.69 Å². The molecule has 1 aliphatic heterocycles. The van der Waals surface area contributed by atoms with Crippen molar-refractivity contribution in [3.63, 3.8) is 0 Å². The Morgan fingerprint density at radius 3 is 3.00 bits per heavy atom. The summed E-state index contributed by atoms with van der Waals surface area (Å²) in [5.74, 6) is 1.23. The number of hydrogen-bond donors (Lipinski definition) is 1. The van der Waals surface area contributed by atoms with Gasteiger partial charge in [0.15, 0.2) is 0 Å². The summed E-state index contributed by atoms with van der Waals surface area (Å²) in [5.41, 5.74) is 8.62. The Balaban J connectivity index is 2.26. The van der Waals surface area contributed by atoms with Crippen LogP contribution < -0.4 is 10.6 Å². The summed E-state index contributed by atoms with van der Waals surface area (Å²) in [6.07, 6.45) is 3.38. The van der Waals surface area contributed by atoms with E-state index in [1.807, 2.05) is 0 Å². The minimum atomic E-state index is 0.632. The molecule has 2 rings (SSSR count). The van der Waals surface area contributed by atoms with E-state index >= 15 is 0 Å². The van der Waals surface area contributed by atoms with Crippen LogP contribution in [0.5, 0.6) is 0 Å². The van der Waals surface area contributed by atoms with Crippen molar-refractivity contribution in [2.45, 2.75) is 30.0 Å². The Labute approximate surface area is 119 Å². The van der Waals surface area contributed by atoms with Crippen LogP contribution >= 0.6 is 23.5 Å². The van der Waals surface area contributed by atoms with Gasteiger partial charge in [-0.15, -0.1) is 11.8 Å². The van der Waals surface area contributed by atoms with Gasteiger partial charge in [-0.2, -0.15) is 11.8 Å². The molecule has 1 aromatic rings. The Bertz CT molecular complexity index is 395. The molecule has 0 bridgehead atoms. The summed E-state index contributed by atoms with van der Waals surface area (Å²) < 4.78 is 0. The lowest BCUT2D eigenvalue weighted by molar-refractivity contribution is 0.723. The molecule has 1 heterocycles. The molecule has 1 aliphatic rings. The molecule has 0 amide bonds. The van der Waals surface area contributed by atoms with Crippen LogP contribution in [-0.2, 0) is 6.54 Å². The molecule has 2 N–H and O–H groups in total. The van der Waals surface area contributed by atoms with E-state index in [0.717, 1.165) is 18.3 Å². The fourth-order valence-electron chi connectivity index (χ4n) is 2.43. The number of anilines is 1. The monoisotopic (exact) mass is 282 g/mol. The molecule has 0 saturated carbocycles. The van der Waals surface area contributed by atoms with Gasteiger partial charge in [0.25, 0.3) is 0 Å². The lowest BCUT2D eigenvalue weighted by Gasteiger charge is -2.35. The zero-order valence-electron chi connectivity index (χ0n) is 11.2. The van der Waals surface area contributed by atoms with Gasteiger partial charge in [0.1, 0.15) is 0 Å². The molecule has 100 valence electrons. The van der Waals surface area contributed by atoms with Crippen molar-refractivity contribution >= 4 is 29.2 Å². The highest BCUT2D eigenvalue weighted by Gasteiger charge is 2.21. The summed E-state index contributed by atoms with van der Waals surface area (Å²) >= 11 is 3.90. The fourth-order valence-corrected chi connectivity index (χ4v) is 4.26. The summed E-state index contributed by atoms with van der Waals surface area (Å²) in [7, 11) is 0. The predicted molar refractivity (Wildman–Crippen MR) is 84.9 cm³/mol. The maximum Gasteiger partial charge on any atom is 0.0423 e. The molecule has 18 heavy (non-hydrogen) atoms. The minimum absolute atomic E-state index is 0.632. The number of nitrogens with two attached hydrogens (primary N) is 1. The summed E-state index contributed by atoms with van der Waals surface area (Å²) in [5, 5.41) is 0.766. The molecule has 1 aromatic carbocycles. The number of benzene rings is 1. The van der Waals surface area contributed by atoms with Crippen molar-refractivity contribution in [1.82, 2.24) is 0 Å². The zero-order valence-corrected chi connectivity index (χ0v) is 12.8. The number of nitrogens with zero attached hydrogens (tertiary/aromatic N) is 1. The lowest BCUT2D eigenvalue weighted by atomic mass is 10.1. The Morgan fingerprint density at radius 1 is 1.50 bits per heavy atom. The second kappa shape index (κ2) is 6.73. The standard InChI is InChI=1S/C14H22N2S2/c1-3-11-10-16(7-8-18-11)13-5-4-6-14(17-2)12(13)9-15/h4-6,11H,3,7-10,15H2,1-2H3. The number of hydrogen-bond acceptors (Lipinski definition) is 4. The average molecular weight is 282 g/mol. The van der Waals surface area contributed by atoms with Gasteiger partial charge >= 0.3 is 0 Å². The van der Waals surface area contributed by atoms with Crippen molar-refractivity contribution < 1.29 is 0 Å². The van der Waals surface area contributed by atoms with E-state index in [0.29, 0.717) is 6.54 Å². The third kappa shape index (κ3) is 2.98. The highest BCUT2D eigenvalue weighted by molar-refractivity contribution is 8.00. The van der Waals surface area contributed by atoms with Gasteiger partial charge in [-0.05, 0) is 24.8 Å². The highest BCUT2D eigenvalue weighted by Crippen LogP contribution is 2.32. The predicted octanol–water partition coefficient (Wildman–Crippen LogP) is 3.20. The van der Waals surface area contributed by atoms with E-state index in [-0.39, 0.29) is 0 Å². The van der Waals surface area contributed by atoms with E-state index in [4.69, 9.17) is 5.73 Å². The van der Waals surface area contributed by atoms with E-state index in [1.54, 1.807) is 11.8 Å². The first-order chi connectivity index (χ1) is 8.80. The molecule has 1 saturated heterocycles. The summed E-state index contributed by atoms with van der Waals surface area (Å²) in [6, 6.07) is 6.56. The van der Waals surface area contributed by atoms with Gasteiger partial charge in [-0.3, -0.25) is 0 Å². The van der Waals surface area contributed by atoms with Crippen LogP contribution in [0.25, 0.3) is 0 Å². The fraction of sp³-hybridized carbons (Fsp3) is 0.571. The maximum atomic E-state index is 5.96. The topological polar surface area (TPSA) is 29.3 Å². The van der Waals surface area contributed by atoms with Crippen LogP contribution in [0.3, 0.4) is 0 Å². The first kappa shape index (κ1) is 14.1. The minimum Gasteiger partial charge on any atom is -0.369 e. The molecule has 1 unspecified atom stereocenters. The molecule has 0 radical (unpaired) electrons. The van der Waals surface area contributed by atoms with Gasteiger partial charge in [0.2, 0.25) is 0 Å². The van der Waals surface area contributed by atoms with Crippen LogP contribution in [0.15, 0.2) is 23.1 Å². The summed E-state index contributed by atoms with van der Waals surface area (Å²) in [6.45, 7) is 5.22. The molecule has 1 fully saturated rings. The van der Waals surface area contributed by atoms with E-state index in [9.17, 15) is 0 Å². The van der Waals surface area contributed by atoms with Crippen LogP contribution in [0.2, 0.25) is 0 Å². The molecule has 2 nitrogen and oxygen atoms in total. The lowest BCUT2D eigenvalue weighted by Crippen LogP contribution is -2.38. The SMILES string of the molecule is CCC1CN(c2cccc(SC)c2CN)CCS1. The van der Waals surface area contributed by atoms with Crippen molar-refractivity contribution in [3.05, 3.63) is 23.8 Å². The quantitative estimate of drug-likeness (QED) is 0.859. The molecule has 1 atom stereocenters. The van der Waals surface area contributed by atoms with Gasteiger partial charge in [0.05, 0.1) is 0 Å².